The lowest BCUT2D eigenvalue weighted by atomic mass is 9.83. The van der Waals surface area contributed by atoms with Crippen molar-refractivity contribution in [2.45, 2.75) is 31.9 Å². The number of carbonyl (C=O) groups is 1. The summed E-state index contributed by atoms with van der Waals surface area (Å²) in [5.74, 6) is 1.38. The van der Waals surface area contributed by atoms with Crippen LogP contribution in [0.4, 0.5) is 0 Å². The number of benzene rings is 4. The van der Waals surface area contributed by atoms with Gasteiger partial charge in [-0.05, 0) is 66.1 Å². The molecule has 1 aliphatic rings. The molecule has 4 aromatic rings. The van der Waals surface area contributed by atoms with Crippen molar-refractivity contribution in [3.8, 4) is 11.5 Å². The largest absolute Gasteiger partial charge is 0.489 e. The number of para-hydroxylation sites is 1. The van der Waals surface area contributed by atoms with Crippen molar-refractivity contribution in [3.05, 3.63) is 107 Å². The van der Waals surface area contributed by atoms with Crippen LogP contribution < -0.4 is 9.47 Å². The molecule has 0 saturated heterocycles. The average Bonchev–Trinajstić information content (AvgIpc) is 2.91. The number of likely N-dealkylation sites (N-methyl/N-ethyl adjacent to an activating group) is 1. The number of ether oxygens (including phenoxy) is 3. The Balaban J connectivity index is 1.36. The molecule has 190 valence electrons. The van der Waals surface area contributed by atoms with Crippen molar-refractivity contribution in [2.75, 3.05) is 27.3 Å². The van der Waals surface area contributed by atoms with Crippen LogP contribution in [0.5, 0.6) is 11.5 Å². The van der Waals surface area contributed by atoms with E-state index in [1.54, 1.807) is 0 Å². The van der Waals surface area contributed by atoms with Crippen LogP contribution >= 0.6 is 0 Å². The summed E-state index contributed by atoms with van der Waals surface area (Å²) in [6.45, 7) is 3.61. The number of esters is 1. The van der Waals surface area contributed by atoms with Crippen molar-refractivity contribution >= 4 is 16.7 Å². The number of hydrogen-bond acceptors (Lipinski definition) is 5. The molecule has 0 radical (unpaired) electrons. The SMILES string of the molecule is COC(=O)COc1cc(C)cc(C2CC(CN(C)Cc3cccc4ccccc34)Oc3ccccc32)c1. The van der Waals surface area contributed by atoms with Gasteiger partial charge in [0.2, 0.25) is 0 Å². The van der Waals surface area contributed by atoms with Gasteiger partial charge in [0.15, 0.2) is 6.61 Å². The Labute approximate surface area is 218 Å². The maximum absolute atomic E-state index is 11.6. The van der Waals surface area contributed by atoms with Crippen LogP contribution in [0.1, 0.15) is 34.6 Å². The van der Waals surface area contributed by atoms with Gasteiger partial charge < -0.3 is 14.2 Å². The fourth-order valence-electron chi connectivity index (χ4n) is 5.32. The molecule has 4 aromatic carbocycles. The summed E-state index contributed by atoms with van der Waals surface area (Å²) in [7, 11) is 3.52. The molecule has 0 N–H and O–H groups in total. The smallest absolute Gasteiger partial charge is 0.343 e. The molecule has 0 bridgehead atoms. The fraction of sp³-hybridized carbons (Fsp3) is 0.281. The Kier molecular flexibility index (Phi) is 7.42. The summed E-state index contributed by atoms with van der Waals surface area (Å²) in [4.78, 5) is 13.9. The third-order valence-electron chi connectivity index (χ3n) is 6.98. The van der Waals surface area contributed by atoms with E-state index in [-0.39, 0.29) is 18.6 Å². The predicted octanol–water partition coefficient (Wildman–Crippen LogP) is 6.12. The number of carbonyl (C=O) groups excluding carboxylic acids is 1. The highest BCUT2D eigenvalue weighted by molar-refractivity contribution is 5.85. The number of methoxy groups -OCH3 is 1. The van der Waals surface area contributed by atoms with E-state index in [1.165, 1.54) is 29.0 Å². The lowest BCUT2D eigenvalue weighted by Gasteiger charge is -2.35. The Morgan fingerprint density at radius 1 is 1.00 bits per heavy atom. The van der Waals surface area contributed by atoms with E-state index in [9.17, 15) is 4.79 Å². The molecule has 0 aliphatic carbocycles. The second kappa shape index (κ2) is 11.1. The van der Waals surface area contributed by atoms with E-state index in [0.29, 0.717) is 5.75 Å². The van der Waals surface area contributed by atoms with E-state index < -0.39 is 5.97 Å². The molecule has 0 saturated carbocycles. The first-order valence-corrected chi connectivity index (χ1v) is 12.7. The first-order chi connectivity index (χ1) is 18.0. The van der Waals surface area contributed by atoms with Crippen LogP contribution in [0.15, 0.2) is 84.9 Å². The zero-order valence-corrected chi connectivity index (χ0v) is 21.6. The van der Waals surface area contributed by atoms with Crippen molar-refractivity contribution in [1.29, 1.82) is 0 Å². The van der Waals surface area contributed by atoms with Gasteiger partial charge in [0, 0.05) is 24.6 Å². The standard InChI is InChI=1S/C32H33NO4/c1-22-15-25(17-26(16-22)36-21-32(34)35-3)30-18-27(37-31-14-7-6-13-29(30)31)20-33(2)19-24-11-8-10-23-9-4-5-12-28(23)24/h4-17,27,30H,18-21H2,1-3H3. The van der Waals surface area contributed by atoms with Crippen molar-refractivity contribution in [3.63, 3.8) is 0 Å². The van der Waals surface area contributed by atoms with Crippen LogP contribution in [-0.2, 0) is 16.1 Å². The minimum atomic E-state index is -0.395. The Morgan fingerprint density at radius 3 is 2.65 bits per heavy atom. The Morgan fingerprint density at radius 2 is 1.78 bits per heavy atom. The third kappa shape index (κ3) is 5.78. The topological polar surface area (TPSA) is 48.0 Å². The lowest BCUT2D eigenvalue weighted by Crippen LogP contribution is -2.36. The molecule has 0 aromatic heterocycles. The molecule has 2 unspecified atom stereocenters. The quantitative estimate of drug-likeness (QED) is 0.276. The van der Waals surface area contributed by atoms with Gasteiger partial charge in [-0.25, -0.2) is 4.79 Å². The summed E-state index contributed by atoms with van der Waals surface area (Å²) in [5.41, 5.74) is 4.75. The molecule has 0 amide bonds. The molecule has 0 fully saturated rings. The van der Waals surface area contributed by atoms with Crippen LogP contribution in [0, 0.1) is 6.92 Å². The number of rotatable bonds is 8. The third-order valence-corrected chi connectivity index (χ3v) is 6.98. The van der Waals surface area contributed by atoms with Crippen LogP contribution in [0.2, 0.25) is 0 Å². The van der Waals surface area contributed by atoms with Gasteiger partial charge in [-0.2, -0.15) is 0 Å². The molecule has 1 aliphatic heterocycles. The molecule has 5 nitrogen and oxygen atoms in total. The van der Waals surface area contributed by atoms with Gasteiger partial charge in [-0.3, -0.25) is 4.90 Å². The molecular formula is C32H33NO4. The molecule has 37 heavy (non-hydrogen) atoms. The summed E-state index contributed by atoms with van der Waals surface area (Å²) in [6.07, 6.45) is 0.899. The Bertz CT molecular complexity index is 1390. The second-order valence-corrected chi connectivity index (χ2v) is 9.85. The molecule has 1 heterocycles. The van der Waals surface area contributed by atoms with Gasteiger partial charge in [-0.1, -0.05) is 66.7 Å². The van der Waals surface area contributed by atoms with E-state index in [2.05, 4.69) is 85.6 Å². The van der Waals surface area contributed by atoms with E-state index >= 15 is 0 Å². The molecule has 0 spiro atoms. The molecule has 2 atom stereocenters. The summed E-state index contributed by atoms with van der Waals surface area (Å²) >= 11 is 0. The fourth-order valence-corrected chi connectivity index (χ4v) is 5.32. The van der Waals surface area contributed by atoms with Crippen LogP contribution in [0.3, 0.4) is 0 Å². The summed E-state index contributed by atoms with van der Waals surface area (Å²) < 4.78 is 17.0. The summed E-state index contributed by atoms with van der Waals surface area (Å²) in [5, 5.41) is 2.56. The molecular weight excluding hydrogens is 462 g/mol. The van der Waals surface area contributed by atoms with E-state index in [4.69, 9.17) is 14.2 Å². The van der Waals surface area contributed by atoms with Gasteiger partial charge in [0.25, 0.3) is 0 Å². The maximum atomic E-state index is 11.6. The monoisotopic (exact) mass is 495 g/mol. The highest BCUT2D eigenvalue weighted by Crippen LogP contribution is 2.41. The van der Waals surface area contributed by atoms with Crippen molar-refractivity contribution < 1.29 is 19.0 Å². The normalized spacial score (nSPS) is 16.8. The van der Waals surface area contributed by atoms with Gasteiger partial charge in [-0.15, -0.1) is 0 Å². The first kappa shape index (κ1) is 24.8. The number of aryl methyl sites for hydroxylation is 1. The van der Waals surface area contributed by atoms with Gasteiger partial charge in [0.05, 0.1) is 7.11 Å². The highest BCUT2D eigenvalue weighted by atomic mass is 16.6. The number of fused-ring (bicyclic) bond motifs is 2. The number of nitrogens with zero attached hydrogens (tertiary/aromatic N) is 1. The second-order valence-electron chi connectivity index (χ2n) is 9.85. The van der Waals surface area contributed by atoms with Gasteiger partial charge >= 0.3 is 5.97 Å². The average molecular weight is 496 g/mol. The van der Waals surface area contributed by atoms with Crippen LogP contribution in [-0.4, -0.2) is 44.3 Å². The number of hydrogen-bond donors (Lipinski definition) is 0. The van der Waals surface area contributed by atoms with Crippen molar-refractivity contribution in [1.82, 2.24) is 4.90 Å². The zero-order chi connectivity index (χ0) is 25.8. The minimum absolute atomic E-state index is 0.0415. The molecule has 5 rings (SSSR count). The predicted molar refractivity (Wildman–Crippen MR) is 146 cm³/mol. The highest BCUT2D eigenvalue weighted by Gasteiger charge is 2.30. The maximum Gasteiger partial charge on any atom is 0.343 e. The van der Waals surface area contributed by atoms with E-state index in [1.807, 2.05) is 18.2 Å². The van der Waals surface area contributed by atoms with Crippen molar-refractivity contribution in [2.24, 2.45) is 0 Å². The Hall–Kier alpha value is -3.83. The van der Waals surface area contributed by atoms with Gasteiger partial charge in [0.1, 0.15) is 17.6 Å². The summed E-state index contributed by atoms with van der Waals surface area (Å²) in [6, 6.07) is 29.5. The lowest BCUT2D eigenvalue weighted by molar-refractivity contribution is -0.142. The first-order valence-electron chi connectivity index (χ1n) is 12.7. The molecule has 5 heteroatoms. The zero-order valence-electron chi connectivity index (χ0n) is 21.6. The van der Waals surface area contributed by atoms with Crippen LogP contribution in [0.25, 0.3) is 10.8 Å². The minimum Gasteiger partial charge on any atom is -0.489 e. The van der Waals surface area contributed by atoms with E-state index in [0.717, 1.165) is 36.4 Å².